The Morgan fingerprint density at radius 3 is 2.29 bits per heavy atom. The van der Waals surface area contributed by atoms with Crippen molar-refractivity contribution in [1.29, 1.82) is 0 Å². The highest BCUT2D eigenvalue weighted by Gasteiger charge is 2.24. The molecule has 1 fully saturated rings. The first-order valence-electron chi connectivity index (χ1n) is 10.9. The Balaban J connectivity index is 2.71. The SMILES string of the molecule is O=CCCC(=O)NCCCCC1CN(CC(=O)O)CCNCCNCCN1CC(=O)O. The molecule has 1 rings (SSSR count). The number of rotatable bonds is 12. The lowest BCUT2D eigenvalue weighted by Crippen LogP contribution is -2.51. The number of carboxylic acids is 2. The molecular weight excluding hydrogens is 406 g/mol. The zero-order chi connectivity index (χ0) is 22.9. The summed E-state index contributed by atoms with van der Waals surface area (Å²) < 4.78 is 0. The number of carboxylic acid groups (broad SMARTS) is 2. The fraction of sp³-hybridized carbons (Fsp3) is 0.800. The molecule has 5 N–H and O–H groups in total. The third-order valence-electron chi connectivity index (χ3n) is 5.12. The molecule has 0 saturated carbocycles. The topological polar surface area (TPSA) is 151 Å². The maximum Gasteiger partial charge on any atom is 0.317 e. The molecule has 178 valence electrons. The predicted octanol–water partition coefficient (Wildman–Crippen LogP) is -1.41. The molecule has 1 atom stereocenters. The van der Waals surface area contributed by atoms with Crippen LogP contribution < -0.4 is 16.0 Å². The van der Waals surface area contributed by atoms with Gasteiger partial charge in [-0.2, -0.15) is 0 Å². The van der Waals surface area contributed by atoms with Crippen molar-refractivity contribution in [3.05, 3.63) is 0 Å². The van der Waals surface area contributed by atoms with Crippen LogP contribution in [0, 0.1) is 0 Å². The van der Waals surface area contributed by atoms with Crippen molar-refractivity contribution in [1.82, 2.24) is 25.8 Å². The van der Waals surface area contributed by atoms with Gasteiger partial charge in [0.25, 0.3) is 0 Å². The number of hydrogen-bond acceptors (Lipinski definition) is 8. The lowest BCUT2D eigenvalue weighted by atomic mass is 10.1. The van der Waals surface area contributed by atoms with Gasteiger partial charge in [0.05, 0.1) is 13.1 Å². The van der Waals surface area contributed by atoms with Gasteiger partial charge in [-0.3, -0.25) is 24.2 Å². The van der Waals surface area contributed by atoms with E-state index in [1.807, 2.05) is 9.80 Å². The number of carbonyl (C=O) groups is 4. The molecule has 1 heterocycles. The average molecular weight is 444 g/mol. The minimum Gasteiger partial charge on any atom is -0.480 e. The Labute approximate surface area is 183 Å². The molecule has 1 unspecified atom stereocenters. The molecule has 31 heavy (non-hydrogen) atoms. The Kier molecular flexibility index (Phi) is 14.4. The lowest BCUT2D eigenvalue weighted by molar-refractivity contribution is -0.141. The van der Waals surface area contributed by atoms with Crippen LogP contribution in [0.3, 0.4) is 0 Å². The van der Waals surface area contributed by atoms with Crippen LogP contribution in [0.5, 0.6) is 0 Å². The first-order chi connectivity index (χ1) is 14.9. The maximum atomic E-state index is 11.6. The Morgan fingerprint density at radius 2 is 1.65 bits per heavy atom. The lowest BCUT2D eigenvalue weighted by Gasteiger charge is -2.35. The molecular formula is C20H37N5O6. The quantitative estimate of drug-likeness (QED) is 0.180. The Hall–Kier alpha value is -2.08. The molecule has 1 amide bonds. The van der Waals surface area contributed by atoms with E-state index in [1.54, 1.807) is 0 Å². The van der Waals surface area contributed by atoms with E-state index in [9.17, 15) is 29.4 Å². The van der Waals surface area contributed by atoms with Crippen molar-refractivity contribution in [2.45, 2.75) is 38.1 Å². The van der Waals surface area contributed by atoms with E-state index in [4.69, 9.17) is 0 Å². The molecule has 1 aliphatic heterocycles. The van der Waals surface area contributed by atoms with Crippen LogP contribution in [0.25, 0.3) is 0 Å². The maximum absolute atomic E-state index is 11.6. The predicted molar refractivity (Wildman–Crippen MR) is 115 cm³/mol. The van der Waals surface area contributed by atoms with Crippen molar-refractivity contribution in [2.24, 2.45) is 0 Å². The molecule has 0 radical (unpaired) electrons. The number of aliphatic carboxylic acids is 2. The summed E-state index contributed by atoms with van der Waals surface area (Å²) in [6.07, 6.45) is 3.29. The largest absolute Gasteiger partial charge is 0.480 e. The van der Waals surface area contributed by atoms with Gasteiger partial charge in [0.15, 0.2) is 0 Å². The highest BCUT2D eigenvalue weighted by Crippen LogP contribution is 2.12. The van der Waals surface area contributed by atoms with Crippen LogP contribution in [0.1, 0.15) is 32.1 Å². The number of nitrogens with one attached hydrogen (secondary N) is 3. The molecule has 11 nitrogen and oxygen atoms in total. The van der Waals surface area contributed by atoms with Gasteiger partial charge in [0, 0.05) is 71.2 Å². The summed E-state index contributed by atoms with van der Waals surface area (Å²) in [5, 5.41) is 28.0. The van der Waals surface area contributed by atoms with Crippen molar-refractivity contribution in [3.8, 4) is 0 Å². The first kappa shape index (κ1) is 27.0. The minimum atomic E-state index is -0.911. The number of unbranched alkanes of at least 4 members (excludes halogenated alkanes) is 1. The normalized spacial score (nSPS) is 19.7. The Bertz CT molecular complexity index is 562. The smallest absolute Gasteiger partial charge is 0.317 e. The average Bonchev–Trinajstić information content (AvgIpc) is 2.70. The van der Waals surface area contributed by atoms with Gasteiger partial charge in [0.2, 0.25) is 5.91 Å². The fourth-order valence-corrected chi connectivity index (χ4v) is 3.58. The van der Waals surface area contributed by atoms with E-state index in [0.29, 0.717) is 52.0 Å². The minimum absolute atomic E-state index is 0.0931. The molecule has 0 aromatic rings. The summed E-state index contributed by atoms with van der Waals surface area (Å²) in [5.41, 5.74) is 0. The van der Waals surface area contributed by atoms with Gasteiger partial charge < -0.3 is 31.0 Å². The van der Waals surface area contributed by atoms with E-state index < -0.39 is 11.9 Å². The molecule has 0 aromatic carbocycles. The van der Waals surface area contributed by atoms with Gasteiger partial charge >= 0.3 is 11.9 Å². The Morgan fingerprint density at radius 1 is 0.968 bits per heavy atom. The van der Waals surface area contributed by atoms with E-state index in [1.165, 1.54) is 0 Å². The van der Waals surface area contributed by atoms with E-state index in [0.717, 1.165) is 25.9 Å². The van der Waals surface area contributed by atoms with E-state index >= 15 is 0 Å². The summed E-state index contributed by atoms with van der Waals surface area (Å²) >= 11 is 0. The number of nitrogens with zero attached hydrogens (tertiary/aromatic N) is 2. The third kappa shape index (κ3) is 13.8. The number of aldehydes is 1. The second kappa shape index (κ2) is 16.6. The standard InChI is InChI=1S/C20H37N5O6/c26-13-3-5-18(27)23-6-2-1-4-17-14-24(15-19(28)29)11-9-21-7-8-22-10-12-25(17)16-20(30)31/h13,17,21-22H,1-12,14-16H2,(H,23,27)(H,28,29)(H,30,31). The molecule has 11 heteroatoms. The molecule has 0 aliphatic carbocycles. The highest BCUT2D eigenvalue weighted by atomic mass is 16.4. The summed E-state index contributed by atoms with van der Waals surface area (Å²) in [5.74, 6) is -1.97. The van der Waals surface area contributed by atoms with Crippen LogP contribution >= 0.6 is 0 Å². The zero-order valence-electron chi connectivity index (χ0n) is 18.2. The van der Waals surface area contributed by atoms with Crippen molar-refractivity contribution in [3.63, 3.8) is 0 Å². The summed E-state index contributed by atoms with van der Waals surface area (Å²) in [6, 6.07) is -0.109. The number of carbonyl (C=O) groups excluding carboxylic acids is 2. The summed E-state index contributed by atoms with van der Waals surface area (Å²) in [7, 11) is 0. The van der Waals surface area contributed by atoms with Crippen LogP contribution in [0.4, 0.5) is 0 Å². The monoisotopic (exact) mass is 443 g/mol. The van der Waals surface area contributed by atoms with Crippen LogP contribution in [0.15, 0.2) is 0 Å². The molecule has 0 aromatic heterocycles. The van der Waals surface area contributed by atoms with E-state index in [2.05, 4.69) is 16.0 Å². The van der Waals surface area contributed by atoms with Gasteiger partial charge in [-0.05, 0) is 12.8 Å². The van der Waals surface area contributed by atoms with Crippen molar-refractivity contribution >= 4 is 24.1 Å². The molecule has 1 saturated heterocycles. The molecule has 0 bridgehead atoms. The molecule has 1 aliphatic rings. The van der Waals surface area contributed by atoms with Gasteiger partial charge in [0.1, 0.15) is 6.29 Å². The fourth-order valence-electron chi connectivity index (χ4n) is 3.58. The van der Waals surface area contributed by atoms with Gasteiger partial charge in [-0.25, -0.2) is 0 Å². The summed E-state index contributed by atoms with van der Waals surface area (Å²) in [6.45, 7) is 4.72. The van der Waals surface area contributed by atoms with Gasteiger partial charge in [-0.15, -0.1) is 0 Å². The third-order valence-corrected chi connectivity index (χ3v) is 5.12. The van der Waals surface area contributed by atoms with Crippen molar-refractivity contribution in [2.75, 3.05) is 65.4 Å². The summed E-state index contributed by atoms with van der Waals surface area (Å²) in [4.78, 5) is 48.4. The van der Waals surface area contributed by atoms with Gasteiger partial charge in [-0.1, -0.05) is 6.42 Å². The first-order valence-corrected chi connectivity index (χ1v) is 10.9. The highest BCUT2D eigenvalue weighted by molar-refractivity contribution is 5.77. The molecule has 0 spiro atoms. The van der Waals surface area contributed by atoms with Crippen molar-refractivity contribution < 1.29 is 29.4 Å². The number of amides is 1. The second-order valence-electron chi connectivity index (χ2n) is 7.70. The number of hydrogen-bond donors (Lipinski definition) is 5. The second-order valence-corrected chi connectivity index (χ2v) is 7.70. The van der Waals surface area contributed by atoms with Crippen LogP contribution in [-0.2, 0) is 19.2 Å². The van der Waals surface area contributed by atoms with Crippen LogP contribution in [-0.4, -0.2) is 116 Å². The zero-order valence-corrected chi connectivity index (χ0v) is 18.2. The van der Waals surface area contributed by atoms with E-state index in [-0.39, 0.29) is 37.9 Å². The van der Waals surface area contributed by atoms with Crippen LogP contribution in [0.2, 0.25) is 0 Å².